The molecule has 1 aliphatic rings. The molecule has 120 valence electrons. The van der Waals surface area contributed by atoms with Gasteiger partial charge in [-0.3, -0.25) is 0 Å². The Morgan fingerprint density at radius 2 is 2.24 bits per heavy atom. The van der Waals surface area contributed by atoms with Crippen LogP contribution in [-0.4, -0.2) is 37.2 Å². The fraction of sp³-hybridized carbons (Fsp3) is 0.733. The standard InChI is InChI=1S/C15H25NO3S2/c1-12(2)16(11-15-13(3)6-9-20-15)21(17,18)10-7-14-5-4-8-19-14/h6,9,12,14H,4-5,7-8,10-11H2,1-3H3/t14-/m1/s1. The highest BCUT2D eigenvalue weighted by molar-refractivity contribution is 7.89. The molecule has 2 rings (SSSR count). The number of thiophene rings is 1. The third-order valence-electron chi connectivity index (χ3n) is 3.92. The molecule has 0 saturated carbocycles. The van der Waals surface area contributed by atoms with E-state index in [0.717, 1.165) is 24.3 Å². The summed E-state index contributed by atoms with van der Waals surface area (Å²) in [6, 6.07) is 2.01. The van der Waals surface area contributed by atoms with Gasteiger partial charge in [0.25, 0.3) is 0 Å². The van der Waals surface area contributed by atoms with Crippen LogP contribution in [0.2, 0.25) is 0 Å². The normalized spacial score (nSPS) is 19.8. The van der Waals surface area contributed by atoms with Gasteiger partial charge in [-0.15, -0.1) is 11.3 Å². The van der Waals surface area contributed by atoms with Crippen molar-refractivity contribution in [3.63, 3.8) is 0 Å². The number of hydrogen-bond donors (Lipinski definition) is 0. The number of aryl methyl sites for hydroxylation is 1. The quantitative estimate of drug-likeness (QED) is 0.771. The molecule has 1 aromatic rings. The molecule has 1 atom stereocenters. The third kappa shape index (κ3) is 4.52. The van der Waals surface area contributed by atoms with Crippen molar-refractivity contribution in [3.05, 3.63) is 21.9 Å². The van der Waals surface area contributed by atoms with Gasteiger partial charge < -0.3 is 4.74 Å². The number of nitrogens with zero attached hydrogens (tertiary/aromatic N) is 1. The zero-order chi connectivity index (χ0) is 15.5. The first-order valence-corrected chi connectivity index (χ1v) is 10.0. The number of ether oxygens (including phenoxy) is 1. The third-order valence-corrected chi connectivity index (χ3v) is 6.95. The van der Waals surface area contributed by atoms with Crippen LogP contribution < -0.4 is 0 Å². The Morgan fingerprint density at radius 3 is 2.76 bits per heavy atom. The lowest BCUT2D eigenvalue weighted by Crippen LogP contribution is -2.38. The highest BCUT2D eigenvalue weighted by Crippen LogP contribution is 2.23. The van der Waals surface area contributed by atoms with Gasteiger partial charge in [0.1, 0.15) is 0 Å². The molecule has 0 amide bonds. The van der Waals surface area contributed by atoms with Crippen molar-refractivity contribution in [1.29, 1.82) is 0 Å². The molecule has 21 heavy (non-hydrogen) atoms. The fourth-order valence-electron chi connectivity index (χ4n) is 2.58. The van der Waals surface area contributed by atoms with Crippen LogP contribution in [0, 0.1) is 6.92 Å². The van der Waals surface area contributed by atoms with E-state index in [1.807, 2.05) is 32.2 Å². The molecular formula is C15H25NO3S2. The minimum Gasteiger partial charge on any atom is -0.378 e. The van der Waals surface area contributed by atoms with Crippen molar-refractivity contribution < 1.29 is 13.2 Å². The molecule has 0 aromatic carbocycles. The van der Waals surface area contributed by atoms with Gasteiger partial charge >= 0.3 is 0 Å². The highest BCUT2D eigenvalue weighted by Gasteiger charge is 2.27. The monoisotopic (exact) mass is 331 g/mol. The Bertz CT molecular complexity index is 545. The van der Waals surface area contributed by atoms with Gasteiger partial charge in [0.15, 0.2) is 0 Å². The first-order valence-electron chi connectivity index (χ1n) is 7.54. The molecule has 0 bridgehead atoms. The molecule has 1 aromatic heterocycles. The van der Waals surface area contributed by atoms with Gasteiger partial charge in [-0.05, 0) is 57.0 Å². The molecule has 0 N–H and O–H groups in total. The summed E-state index contributed by atoms with van der Waals surface area (Å²) in [5.41, 5.74) is 1.17. The first-order chi connectivity index (χ1) is 9.90. The maximum Gasteiger partial charge on any atom is 0.214 e. The second kappa shape index (κ2) is 7.22. The van der Waals surface area contributed by atoms with Gasteiger partial charge in [0.2, 0.25) is 10.0 Å². The molecule has 0 aliphatic carbocycles. The molecule has 1 aliphatic heterocycles. The van der Waals surface area contributed by atoms with E-state index in [0.29, 0.717) is 13.0 Å². The number of hydrogen-bond acceptors (Lipinski definition) is 4. The van der Waals surface area contributed by atoms with Gasteiger partial charge in [-0.1, -0.05) is 0 Å². The minimum atomic E-state index is -3.24. The summed E-state index contributed by atoms with van der Waals surface area (Å²) >= 11 is 1.62. The number of sulfonamides is 1. The van der Waals surface area contributed by atoms with E-state index in [4.69, 9.17) is 4.74 Å². The Labute approximate surface area is 132 Å². The van der Waals surface area contributed by atoms with E-state index in [9.17, 15) is 8.42 Å². The summed E-state index contributed by atoms with van der Waals surface area (Å²) in [6.07, 6.45) is 2.76. The SMILES string of the molecule is Cc1ccsc1CN(C(C)C)S(=O)(=O)CC[C@H]1CCCO1. The predicted octanol–water partition coefficient (Wildman–Crippen LogP) is 3.17. The lowest BCUT2D eigenvalue weighted by atomic mass is 10.2. The molecule has 6 heteroatoms. The minimum absolute atomic E-state index is 0.0269. The van der Waals surface area contributed by atoms with Crippen LogP contribution in [0.25, 0.3) is 0 Å². The second-order valence-electron chi connectivity index (χ2n) is 5.91. The number of rotatable bonds is 7. The Kier molecular flexibility index (Phi) is 5.82. The summed E-state index contributed by atoms with van der Waals surface area (Å²) < 4.78 is 32.4. The lowest BCUT2D eigenvalue weighted by Gasteiger charge is -2.26. The molecule has 1 saturated heterocycles. The fourth-order valence-corrected chi connectivity index (χ4v) is 5.33. The van der Waals surface area contributed by atoms with Crippen molar-refractivity contribution in [1.82, 2.24) is 4.31 Å². The van der Waals surface area contributed by atoms with E-state index in [-0.39, 0.29) is 17.9 Å². The van der Waals surface area contributed by atoms with Gasteiger partial charge in [0, 0.05) is 24.1 Å². The van der Waals surface area contributed by atoms with Crippen LogP contribution in [0.4, 0.5) is 0 Å². The van der Waals surface area contributed by atoms with Gasteiger partial charge in [0.05, 0.1) is 11.9 Å². The van der Waals surface area contributed by atoms with Crippen LogP contribution in [0.5, 0.6) is 0 Å². The van der Waals surface area contributed by atoms with E-state index in [1.54, 1.807) is 15.6 Å². The summed E-state index contributed by atoms with van der Waals surface area (Å²) in [7, 11) is -3.24. The van der Waals surface area contributed by atoms with Crippen LogP contribution in [0.1, 0.15) is 43.6 Å². The molecule has 2 heterocycles. The summed E-state index contributed by atoms with van der Waals surface area (Å²) in [4.78, 5) is 1.13. The first kappa shape index (κ1) is 16.9. The van der Waals surface area contributed by atoms with Crippen molar-refractivity contribution in [2.75, 3.05) is 12.4 Å². The predicted molar refractivity (Wildman–Crippen MR) is 87.1 cm³/mol. The topological polar surface area (TPSA) is 46.6 Å². The average Bonchev–Trinajstić information content (AvgIpc) is 3.04. The molecular weight excluding hydrogens is 306 g/mol. The second-order valence-corrected chi connectivity index (χ2v) is 8.95. The molecule has 0 spiro atoms. The van der Waals surface area contributed by atoms with E-state index in [2.05, 4.69) is 0 Å². The lowest BCUT2D eigenvalue weighted by molar-refractivity contribution is 0.108. The van der Waals surface area contributed by atoms with Crippen molar-refractivity contribution >= 4 is 21.4 Å². The van der Waals surface area contributed by atoms with E-state index < -0.39 is 10.0 Å². The van der Waals surface area contributed by atoms with Crippen molar-refractivity contribution in [2.24, 2.45) is 0 Å². The van der Waals surface area contributed by atoms with Crippen molar-refractivity contribution in [3.8, 4) is 0 Å². The summed E-state index contributed by atoms with van der Waals surface area (Å²) in [6.45, 7) is 7.16. The molecule has 1 fully saturated rings. The van der Waals surface area contributed by atoms with Gasteiger partial charge in [-0.25, -0.2) is 8.42 Å². The van der Waals surface area contributed by atoms with E-state index >= 15 is 0 Å². The summed E-state index contributed by atoms with van der Waals surface area (Å²) in [5, 5.41) is 2.02. The maximum atomic E-state index is 12.6. The molecule has 0 radical (unpaired) electrons. The smallest absolute Gasteiger partial charge is 0.214 e. The molecule has 4 nitrogen and oxygen atoms in total. The van der Waals surface area contributed by atoms with Crippen molar-refractivity contribution in [2.45, 2.75) is 58.7 Å². The Balaban J connectivity index is 2.03. The zero-order valence-corrected chi connectivity index (χ0v) is 14.7. The Hall–Kier alpha value is -0.430. The van der Waals surface area contributed by atoms with Crippen LogP contribution >= 0.6 is 11.3 Å². The zero-order valence-electron chi connectivity index (χ0n) is 13.0. The van der Waals surface area contributed by atoms with Crippen LogP contribution in [0.15, 0.2) is 11.4 Å². The molecule has 0 unspecified atom stereocenters. The maximum absolute atomic E-state index is 12.6. The van der Waals surface area contributed by atoms with E-state index in [1.165, 1.54) is 5.56 Å². The van der Waals surface area contributed by atoms with Gasteiger partial charge in [-0.2, -0.15) is 4.31 Å². The average molecular weight is 332 g/mol. The van der Waals surface area contributed by atoms with Crippen LogP contribution in [-0.2, 0) is 21.3 Å². The highest BCUT2D eigenvalue weighted by atomic mass is 32.2. The summed E-state index contributed by atoms with van der Waals surface area (Å²) in [5.74, 6) is 0.181. The van der Waals surface area contributed by atoms with Crippen LogP contribution in [0.3, 0.4) is 0 Å². The largest absolute Gasteiger partial charge is 0.378 e. The Morgan fingerprint density at radius 1 is 1.48 bits per heavy atom.